The first kappa shape index (κ1) is 18.0. The van der Waals surface area contributed by atoms with E-state index < -0.39 is 10.0 Å². The number of rotatable bonds is 3. The highest BCUT2D eigenvalue weighted by Crippen LogP contribution is 2.49. The molecule has 0 radical (unpaired) electrons. The van der Waals surface area contributed by atoms with Gasteiger partial charge in [0.2, 0.25) is 10.0 Å². The van der Waals surface area contributed by atoms with E-state index in [1.807, 2.05) is 18.4 Å². The molecule has 2 aromatic rings. The minimum absolute atomic E-state index is 0.386. The van der Waals surface area contributed by atoms with E-state index >= 15 is 0 Å². The predicted molar refractivity (Wildman–Crippen MR) is 105 cm³/mol. The van der Waals surface area contributed by atoms with Crippen molar-refractivity contribution < 1.29 is 13.2 Å². The number of nitrogens with zero attached hydrogens (tertiary/aromatic N) is 3. The van der Waals surface area contributed by atoms with Crippen LogP contribution in [0.3, 0.4) is 0 Å². The maximum absolute atomic E-state index is 11.9. The quantitative estimate of drug-likeness (QED) is 0.473. The lowest BCUT2D eigenvalue weighted by atomic mass is 10.1. The molecule has 1 N–H and O–H groups in total. The summed E-state index contributed by atoms with van der Waals surface area (Å²) >= 11 is 7.96. The largest absolute Gasteiger partial charge is 0.370 e. The SMILES string of the molecule is CSc1c(Cl)nc2nc1[N+]1(CCOCC1)c1cc-2ccc1NS(C)(=O)=O. The van der Waals surface area contributed by atoms with Crippen molar-refractivity contribution >= 4 is 50.6 Å². The van der Waals surface area contributed by atoms with Crippen LogP contribution in [0.5, 0.6) is 0 Å². The van der Waals surface area contributed by atoms with Crippen LogP contribution in [0.4, 0.5) is 17.2 Å². The summed E-state index contributed by atoms with van der Waals surface area (Å²) in [7, 11) is -3.42. The van der Waals surface area contributed by atoms with Gasteiger partial charge in [0.15, 0.2) is 16.7 Å². The van der Waals surface area contributed by atoms with Gasteiger partial charge in [-0.25, -0.2) is 17.9 Å². The van der Waals surface area contributed by atoms with E-state index in [9.17, 15) is 8.42 Å². The molecule has 0 saturated carbocycles. The van der Waals surface area contributed by atoms with E-state index in [2.05, 4.69) is 9.71 Å². The number of ether oxygens (including phenoxy) is 1. The molecule has 1 saturated heterocycles. The van der Waals surface area contributed by atoms with Gasteiger partial charge in [-0.05, 0) is 18.4 Å². The van der Waals surface area contributed by atoms with Crippen molar-refractivity contribution in [2.45, 2.75) is 4.90 Å². The van der Waals surface area contributed by atoms with Crippen molar-refractivity contribution in [3.63, 3.8) is 0 Å². The lowest BCUT2D eigenvalue weighted by Crippen LogP contribution is -2.53. The Bertz CT molecular complexity index is 991. The minimum atomic E-state index is -3.42. The number of thioether (sulfide) groups is 1. The van der Waals surface area contributed by atoms with E-state index in [0.29, 0.717) is 47.5 Å². The molecule has 2 aliphatic heterocycles. The number of nitrogens with one attached hydrogen (secondary N) is 1. The number of anilines is 1. The van der Waals surface area contributed by atoms with Gasteiger partial charge in [-0.2, -0.15) is 4.98 Å². The van der Waals surface area contributed by atoms with Gasteiger partial charge in [0.05, 0.1) is 19.5 Å². The third-order valence-electron chi connectivity index (χ3n) is 4.66. The highest BCUT2D eigenvalue weighted by Gasteiger charge is 2.44. The Balaban J connectivity index is 2.05. The summed E-state index contributed by atoms with van der Waals surface area (Å²) in [6, 6.07) is 5.54. The highest BCUT2D eigenvalue weighted by atomic mass is 35.5. The molecule has 1 fully saturated rings. The van der Waals surface area contributed by atoms with E-state index in [0.717, 1.165) is 28.2 Å². The number of aromatic nitrogens is 2. The lowest BCUT2D eigenvalue weighted by Gasteiger charge is -2.40. The van der Waals surface area contributed by atoms with Crippen LogP contribution in [-0.2, 0) is 14.8 Å². The monoisotopic (exact) mass is 413 g/mol. The number of hydrogen-bond donors (Lipinski definition) is 1. The smallest absolute Gasteiger partial charge is 0.252 e. The van der Waals surface area contributed by atoms with Crippen LogP contribution >= 0.6 is 23.4 Å². The van der Waals surface area contributed by atoms with Crippen molar-refractivity contribution in [1.82, 2.24) is 14.5 Å². The van der Waals surface area contributed by atoms with Gasteiger partial charge in [0, 0.05) is 11.6 Å². The third-order valence-corrected chi connectivity index (χ3v) is 6.42. The van der Waals surface area contributed by atoms with E-state index in [4.69, 9.17) is 21.3 Å². The molecule has 1 aromatic heterocycles. The molecule has 7 nitrogen and oxygen atoms in total. The second-order valence-corrected chi connectivity index (χ2v) is 9.25. The Morgan fingerprint density at radius 1 is 1.27 bits per heavy atom. The van der Waals surface area contributed by atoms with Crippen molar-refractivity contribution in [3.8, 4) is 11.4 Å². The molecular formula is C16H18ClN4O3S2+. The molecule has 1 spiro atoms. The average Bonchev–Trinajstić information content (AvgIpc) is 2.67. The molecule has 4 bridgehead atoms. The highest BCUT2D eigenvalue weighted by molar-refractivity contribution is 7.98. The van der Waals surface area contributed by atoms with Crippen LogP contribution in [0.1, 0.15) is 0 Å². The summed E-state index contributed by atoms with van der Waals surface area (Å²) in [6.07, 6.45) is 3.09. The van der Waals surface area contributed by atoms with E-state index in [1.165, 1.54) is 11.8 Å². The van der Waals surface area contributed by atoms with Crippen LogP contribution in [0.25, 0.3) is 11.4 Å². The van der Waals surface area contributed by atoms with Crippen LogP contribution in [0, 0.1) is 0 Å². The fraction of sp³-hybridized carbons (Fsp3) is 0.375. The summed E-state index contributed by atoms with van der Waals surface area (Å²) in [5.41, 5.74) is 2.21. The fourth-order valence-corrected chi connectivity index (χ4v) is 5.12. The molecule has 0 aliphatic carbocycles. The topological polar surface area (TPSA) is 81.2 Å². The summed E-state index contributed by atoms with van der Waals surface area (Å²) < 4.78 is 32.4. The van der Waals surface area contributed by atoms with E-state index in [-0.39, 0.29) is 0 Å². The molecule has 0 unspecified atom stereocenters. The van der Waals surface area contributed by atoms with Crippen molar-refractivity contribution in [3.05, 3.63) is 23.4 Å². The van der Waals surface area contributed by atoms with Crippen molar-refractivity contribution in [2.24, 2.45) is 0 Å². The Morgan fingerprint density at radius 2 is 2.00 bits per heavy atom. The normalized spacial score (nSPS) is 17.8. The molecule has 138 valence electrons. The van der Waals surface area contributed by atoms with Crippen LogP contribution in [0.2, 0.25) is 5.15 Å². The Hall–Kier alpha value is -1.39. The van der Waals surface area contributed by atoms with Gasteiger partial charge in [0.25, 0.3) is 5.82 Å². The molecule has 1 aromatic carbocycles. The second kappa shape index (κ2) is 6.35. The Kier molecular flexibility index (Phi) is 4.39. The van der Waals surface area contributed by atoms with E-state index in [1.54, 1.807) is 6.07 Å². The van der Waals surface area contributed by atoms with Gasteiger partial charge in [-0.1, -0.05) is 11.6 Å². The molecule has 10 heteroatoms. The standard InChI is InChI=1S/C16H18ClN4O3S2/c1-25-13-14(17)18-15-10-3-4-11(20-26(2,22)23)12(9-10)21(16(13)19-15)5-7-24-8-6-21/h3-4,9,20H,5-8H2,1-2H3/q+1. The molecule has 3 heterocycles. The van der Waals surface area contributed by atoms with Gasteiger partial charge in [0.1, 0.15) is 23.7 Å². The van der Waals surface area contributed by atoms with Gasteiger partial charge in [-0.15, -0.1) is 11.8 Å². The van der Waals surface area contributed by atoms with Crippen molar-refractivity contribution in [1.29, 1.82) is 0 Å². The predicted octanol–water partition coefficient (Wildman–Crippen LogP) is 2.87. The van der Waals surface area contributed by atoms with Gasteiger partial charge in [-0.3, -0.25) is 4.72 Å². The zero-order valence-electron chi connectivity index (χ0n) is 14.3. The number of morpholine rings is 1. The fourth-order valence-electron chi connectivity index (χ4n) is 3.54. The number of benzene rings is 1. The van der Waals surface area contributed by atoms with Crippen molar-refractivity contribution in [2.75, 3.05) is 43.5 Å². The lowest BCUT2D eigenvalue weighted by molar-refractivity contribution is 0.0624. The summed E-state index contributed by atoms with van der Waals surface area (Å²) in [6.45, 7) is 2.38. The number of fused-ring (bicyclic) bond motifs is 7. The first-order chi connectivity index (χ1) is 12.3. The zero-order valence-corrected chi connectivity index (χ0v) is 16.7. The zero-order chi connectivity index (χ0) is 18.5. The van der Waals surface area contributed by atoms with Crippen LogP contribution in [-0.4, -0.2) is 57.2 Å². The molecule has 26 heavy (non-hydrogen) atoms. The van der Waals surface area contributed by atoms with Crippen LogP contribution in [0.15, 0.2) is 23.1 Å². The van der Waals surface area contributed by atoms with Gasteiger partial charge < -0.3 is 4.74 Å². The maximum Gasteiger partial charge on any atom is 0.252 e. The number of quaternary nitrogens is 1. The molecule has 4 rings (SSSR count). The molecule has 0 atom stereocenters. The van der Waals surface area contributed by atoms with Gasteiger partial charge >= 0.3 is 0 Å². The average molecular weight is 414 g/mol. The maximum atomic E-state index is 11.9. The number of hydrogen-bond acceptors (Lipinski definition) is 6. The molecule has 0 amide bonds. The Morgan fingerprint density at radius 3 is 2.65 bits per heavy atom. The molecular weight excluding hydrogens is 396 g/mol. The minimum Gasteiger partial charge on any atom is -0.370 e. The molecule has 2 aliphatic rings. The third kappa shape index (κ3) is 2.87. The number of halogens is 1. The second-order valence-electron chi connectivity index (χ2n) is 6.33. The van der Waals surface area contributed by atoms with Crippen LogP contribution < -0.4 is 9.21 Å². The number of sulfonamides is 1. The summed E-state index contributed by atoms with van der Waals surface area (Å²) in [4.78, 5) is 10.1. The first-order valence-electron chi connectivity index (χ1n) is 8.04. The first-order valence-corrected chi connectivity index (χ1v) is 11.5. The summed E-state index contributed by atoms with van der Waals surface area (Å²) in [5.74, 6) is 1.35. The Labute approximate surface area is 161 Å². The summed E-state index contributed by atoms with van der Waals surface area (Å²) in [5, 5.41) is 0.418.